The highest BCUT2D eigenvalue weighted by Crippen LogP contribution is 2.28. The number of para-hydroxylation sites is 2. The zero-order valence-corrected chi connectivity index (χ0v) is 16.8. The van der Waals surface area contributed by atoms with Crippen LogP contribution in [0.3, 0.4) is 0 Å². The molecule has 7 nitrogen and oxygen atoms in total. The van der Waals surface area contributed by atoms with Crippen molar-refractivity contribution in [3.05, 3.63) is 24.3 Å². The van der Waals surface area contributed by atoms with Gasteiger partial charge in [-0.3, -0.25) is 4.79 Å². The summed E-state index contributed by atoms with van der Waals surface area (Å²) in [6.45, 7) is 3.81. The van der Waals surface area contributed by atoms with Gasteiger partial charge in [-0.1, -0.05) is 18.6 Å². The third kappa shape index (κ3) is 4.93. The van der Waals surface area contributed by atoms with Crippen LogP contribution in [0.25, 0.3) is 0 Å². The molecule has 2 aliphatic rings. The van der Waals surface area contributed by atoms with E-state index >= 15 is 0 Å². The van der Waals surface area contributed by atoms with Crippen molar-refractivity contribution in [2.75, 3.05) is 57.0 Å². The van der Waals surface area contributed by atoms with Crippen molar-refractivity contribution < 1.29 is 17.9 Å². The molecule has 0 radical (unpaired) electrons. The van der Waals surface area contributed by atoms with Gasteiger partial charge < -0.3 is 14.5 Å². The molecule has 2 aliphatic heterocycles. The Morgan fingerprint density at radius 1 is 1.00 bits per heavy atom. The molecule has 150 valence electrons. The summed E-state index contributed by atoms with van der Waals surface area (Å²) in [7, 11) is -1.67. The Kier molecular flexibility index (Phi) is 6.59. The Morgan fingerprint density at radius 3 is 2.33 bits per heavy atom. The Bertz CT molecular complexity index is 739. The average molecular weight is 396 g/mol. The number of methoxy groups -OCH3 is 1. The van der Waals surface area contributed by atoms with Crippen LogP contribution in [0.4, 0.5) is 5.69 Å². The van der Waals surface area contributed by atoms with Crippen LogP contribution in [0.5, 0.6) is 5.75 Å². The van der Waals surface area contributed by atoms with Gasteiger partial charge in [0.2, 0.25) is 15.9 Å². The first-order chi connectivity index (χ1) is 13.0. The Hall–Kier alpha value is -1.80. The molecule has 1 aromatic rings. The van der Waals surface area contributed by atoms with Crippen molar-refractivity contribution in [2.24, 2.45) is 0 Å². The normalized spacial score (nSPS) is 19.1. The summed E-state index contributed by atoms with van der Waals surface area (Å²) >= 11 is 0. The van der Waals surface area contributed by atoms with Gasteiger partial charge in [-0.05, 0) is 25.0 Å². The smallest absolute Gasteiger partial charge is 0.223 e. The summed E-state index contributed by atoms with van der Waals surface area (Å²) in [6.07, 6.45) is 2.98. The maximum atomic E-state index is 12.5. The van der Waals surface area contributed by atoms with E-state index < -0.39 is 10.0 Å². The topological polar surface area (TPSA) is 70.2 Å². The van der Waals surface area contributed by atoms with E-state index in [1.54, 1.807) is 16.3 Å². The number of hydrogen-bond acceptors (Lipinski definition) is 5. The molecule has 3 rings (SSSR count). The van der Waals surface area contributed by atoms with Crippen molar-refractivity contribution in [1.29, 1.82) is 0 Å². The molecule has 0 spiro atoms. The van der Waals surface area contributed by atoms with E-state index in [0.29, 0.717) is 39.3 Å². The van der Waals surface area contributed by atoms with Crippen molar-refractivity contribution >= 4 is 21.6 Å². The largest absolute Gasteiger partial charge is 0.495 e. The SMILES string of the molecule is COc1ccccc1N1CCN(C(=O)CCS(=O)(=O)N2CCCCC2)CC1. The fraction of sp³-hybridized carbons (Fsp3) is 0.632. The number of benzene rings is 1. The van der Waals surface area contributed by atoms with Gasteiger partial charge in [-0.2, -0.15) is 0 Å². The molecule has 27 heavy (non-hydrogen) atoms. The number of sulfonamides is 1. The van der Waals surface area contributed by atoms with Crippen molar-refractivity contribution in [3.8, 4) is 5.75 Å². The molecule has 1 amide bonds. The maximum Gasteiger partial charge on any atom is 0.223 e. The fourth-order valence-corrected chi connectivity index (χ4v) is 5.24. The molecule has 0 N–H and O–H groups in total. The minimum Gasteiger partial charge on any atom is -0.495 e. The van der Waals surface area contributed by atoms with Crippen LogP contribution in [0.1, 0.15) is 25.7 Å². The number of piperidine rings is 1. The lowest BCUT2D eigenvalue weighted by molar-refractivity contribution is -0.131. The predicted octanol–water partition coefficient (Wildman–Crippen LogP) is 1.55. The summed E-state index contributed by atoms with van der Waals surface area (Å²) in [6, 6.07) is 7.85. The molecule has 0 saturated carbocycles. The Labute approximate surface area is 161 Å². The molecule has 0 atom stereocenters. The fourth-order valence-electron chi connectivity index (χ4n) is 3.73. The number of nitrogens with zero attached hydrogens (tertiary/aromatic N) is 3. The van der Waals surface area contributed by atoms with Crippen LogP contribution >= 0.6 is 0 Å². The third-order valence-electron chi connectivity index (χ3n) is 5.34. The number of hydrogen-bond donors (Lipinski definition) is 0. The first-order valence-corrected chi connectivity index (χ1v) is 11.3. The highest BCUT2D eigenvalue weighted by Gasteiger charge is 2.27. The van der Waals surface area contributed by atoms with E-state index in [2.05, 4.69) is 4.90 Å². The summed E-state index contributed by atoms with van der Waals surface area (Å²) in [5.74, 6) is 0.665. The maximum absolute atomic E-state index is 12.5. The van der Waals surface area contributed by atoms with Gasteiger partial charge in [0, 0.05) is 45.7 Å². The van der Waals surface area contributed by atoms with Crippen LogP contribution in [0, 0.1) is 0 Å². The second kappa shape index (κ2) is 8.93. The minimum atomic E-state index is -3.32. The quantitative estimate of drug-likeness (QED) is 0.731. The van der Waals surface area contributed by atoms with Gasteiger partial charge in [-0.15, -0.1) is 0 Å². The number of ether oxygens (including phenoxy) is 1. The molecule has 2 heterocycles. The lowest BCUT2D eigenvalue weighted by Gasteiger charge is -2.36. The Balaban J connectivity index is 1.50. The van der Waals surface area contributed by atoms with E-state index in [1.807, 2.05) is 24.3 Å². The minimum absolute atomic E-state index is 0.0630. The highest BCUT2D eigenvalue weighted by molar-refractivity contribution is 7.89. The monoisotopic (exact) mass is 395 g/mol. The number of piperazine rings is 1. The van der Waals surface area contributed by atoms with E-state index in [-0.39, 0.29) is 18.1 Å². The van der Waals surface area contributed by atoms with E-state index in [0.717, 1.165) is 30.7 Å². The lowest BCUT2D eigenvalue weighted by Crippen LogP contribution is -2.49. The lowest BCUT2D eigenvalue weighted by atomic mass is 10.2. The average Bonchev–Trinajstić information content (AvgIpc) is 2.73. The van der Waals surface area contributed by atoms with Gasteiger partial charge in [0.1, 0.15) is 5.75 Å². The summed E-state index contributed by atoms with van der Waals surface area (Å²) in [5.41, 5.74) is 1.03. The van der Waals surface area contributed by atoms with E-state index in [9.17, 15) is 13.2 Å². The van der Waals surface area contributed by atoms with Crippen LogP contribution in [0.15, 0.2) is 24.3 Å². The van der Waals surface area contributed by atoms with Gasteiger partial charge in [0.15, 0.2) is 0 Å². The predicted molar refractivity (Wildman–Crippen MR) is 106 cm³/mol. The third-order valence-corrected chi connectivity index (χ3v) is 7.21. The molecule has 0 unspecified atom stereocenters. The molecule has 2 fully saturated rings. The summed E-state index contributed by atoms with van der Waals surface area (Å²) in [4.78, 5) is 16.5. The van der Waals surface area contributed by atoms with Crippen LogP contribution in [0.2, 0.25) is 0 Å². The first-order valence-electron chi connectivity index (χ1n) is 9.65. The Morgan fingerprint density at radius 2 is 1.67 bits per heavy atom. The molecule has 8 heteroatoms. The van der Waals surface area contributed by atoms with E-state index in [1.165, 1.54) is 0 Å². The first kappa shape index (κ1) is 19.9. The molecule has 0 bridgehead atoms. The second-order valence-electron chi connectivity index (χ2n) is 7.07. The second-order valence-corrected chi connectivity index (χ2v) is 9.15. The van der Waals surface area contributed by atoms with Crippen LogP contribution < -0.4 is 9.64 Å². The molecular formula is C19H29N3O4S. The van der Waals surface area contributed by atoms with Crippen molar-refractivity contribution in [3.63, 3.8) is 0 Å². The number of carbonyl (C=O) groups is 1. The van der Waals surface area contributed by atoms with Crippen LogP contribution in [-0.4, -0.2) is 75.7 Å². The van der Waals surface area contributed by atoms with Crippen LogP contribution in [-0.2, 0) is 14.8 Å². The van der Waals surface area contributed by atoms with Gasteiger partial charge in [0.05, 0.1) is 18.6 Å². The number of carbonyl (C=O) groups excluding carboxylic acids is 1. The number of rotatable bonds is 6. The van der Waals surface area contributed by atoms with Crippen molar-refractivity contribution in [1.82, 2.24) is 9.21 Å². The molecule has 0 aliphatic carbocycles. The summed E-state index contributed by atoms with van der Waals surface area (Å²) in [5, 5.41) is 0. The molecular weight excluding hydrogens is 366 g/mol. The zero-order chi connectivity index (χ0) is 19.3. The van der Waals surface area contributed by atoms with Gasteiger partial charge in [-0.25, -0.2) is 12.7 Å². The zero-order valence-electron chi connectivity index (χ0n) is 16.0. The molecule has 2 saturated heterocycles. The summed E-state index contributed by atoms with van der Waals surface area (Å²) < 4.78 is 31.8. The van der Waals surface area contributed by atoms with Gasteiger partial charge >= 0.3 is 0 Å². The number of anilines is 1. The van der Waals surface area contributed by atoms with E-state index in [4.69, 9.17) is 4.74 Å². The van der Waals surface area contributed by atoms with Gasteiger partial charge in [0.25, 0.3) is 0 Å². The van der Waals surface area contributed by atoms with Crippen molar-refractivity contribution in [2.45, 2.75) is 25.7 Å². The highest BCUT2D eigenvalue weighted by atomic mass is 32.2. The number of amides is 1. The molecule has 0 aromatic heterocycles. The molecule has 1 aromatic carbocycles. The standard InChI is InChI=1S/C19H29N3O4S/c1-26-18-8-4-3-7-17(18)20-12-14-21(15-13-20)19(23)9-16-27(24,25)22-10-5-2-6-11-22/h3-4,7-8H,2,5-6,9-16H2,1H3.